The van der Waals surface area contributed by atoms with E-state index in [-0.39, 0.29) is 0 Å². The SMILES string of the molecule is Clc1ccc(C=NN2CCN(c3ccccn3)CC2)cc1Cl. The van der Waals surface area contributed by atoms with Crippen molar-refractivity contribution >= 4 is 35.2 Å². The van der Waals surface area contributed by atoms with E-state index in [0.717, 1.165) is 37.6 Å². The molecular weight excluding hydrogens is 319 g/mol. The molecule has 0 aliphatic carbocycles. The molecule has 0 atom stereocenters. The fourth-order valence-electron chi connectivity index (χ4n) is 2.32. The minimum Gasteiger partial charge on any atom is -0.353 e. The summed E-state index contributed by atoms with van der Waals surface area (Å²) >= 11 is 11.9. The zero-order valence-corrected chi connectivity index (χ0v) is 13.5. The smallest absolute Gasteiger partial charge is 0.128 e. The first-order valence-electron chi connectivity index (χ1n) is 7.12. The van der Waals surface area contributed by atoms with E-state index in [0.29, 0.717) is 10.0 Å². The maximum atomic E-state index is 6.00. The Bertz CT molecular complexity index is 652. The zero-order valence-electron chi connectivity index (χ0n) is 12.0. The summed E-state index contributed by atoms with van der Waals surface area (Å²) in [4.78, 5) is 6.65. The Labute approximate surface area is 140 Å². The Morgan fingerprint density at radius 2 is 1.82 bits per heavy atom. The molecule has 114 valence electrons. The highest BCUT2D eigenvalue weighted by atomic mass is 35.5. The van der Waals surface area contributed by atoms with Crippen molar-refractivity contribution in [2.24, 2.45) is 5.10 Å². The van der Waals surface area contributed by atoms with Gasteiger partial charge >= 0.3 is 0 Å². The van der Waals surface area contributed by atoms with Crippen LogP contribution in [0, 0.1) is 0 Å². The first kappa shape index (κ1) is 15.1. The van der Waals surface area contributed by atoms with Crippen molar-refractivity contribution in [1.82, 2.24) is 9.99 Å². The number of pyridine rings is 1. The molecule has 0 saturated carbocycles. The number of aromatic nitrogens is 1. The minimum atomic E-state index is 0.547. The molecule has 0 unspecified atom stereocenters. The van der Waals surface area contributed by atoms with Gasteiger partial charge in [0.15, 0.2) is 0 Å². The lowest BCUT2D eigenvalue weighted by atomic mass is 10.2. The fourth-order valence-corrected chi connectivity index (χ4v) is 2.63. The van der Waals surface area contributed by atoms with Crippen LogP contribution in [0.3, 0.4) is 0 Å². The van der Waals surface area contributed by atoms with Gasteiger partial charge in [-0.05, 0) is 29.8 Å². The maximum Gasteiger partial charge on any atom is 0.128 e. The molecule has 0 radical (unpaired) electrons. The van der Waals surface area contributed by atoms with Crippen molar-refractivity contribution in [2.75, 3.05) is 31.1 Å². The monoisotopic (exact) mass is 334 g/mol. The minimum absolute atomic E-state index is 0.547. The molecule has 3 rings (SSSR count). The normalized spacial score (nSPS) is 15.5. The van der Waals surface area contributed by atoms with Gasteiger partial charge in [-0.25, -0.2) is 4.98 Å². The van der Waals surface area contributed by atoms with Gasteiger partial charge in [-0.3, -0.25) is 5.01 Å². The molecular formula is C16H16Cl2N4. The number of benzene rings is 1. The molecule has 0 spiro atoms. The van der Waals surface area contributed by atoms with E-state index in [9.17, 15) is 0 Å². The summed E-state index contributed by atoms with van der Waals surface area (Å²) in [7, 11) is 0. The average molecular weight is 335 g/mol. The predicted octanol–water partition coefficient (Wildman–Crippen LogP) is 3.54. The topological polar surface area (TPSA) is 31.7 Å². The van der Waals surface area contributed by atoms with Gasteiger partial charge in [0.1, 0.15) is 5.82 Å². The van der Waals surface area contributed by atoms with E-state index in [2.05, 4.69) is 20.0 Å². The Morgan fingerprint density at radius 1 is 1.00 bits per heavy atom. The van der Waals surface area contributed by atoms with Gasteiger partial charge in [-0.2, -0.15) is 5.10 Å². The van der Waals surface area contributed by atoms with E-state index >= 15 is 0 Å². The molecule has 4 nitrogen and oxygen atoms in total. The standard InChI is InChI=1S/C16H16Cl2N4/c17-14-5-4-13(11-15(14)18)12-20-22-9-7-21(8-10-22)16-3-1-2-6-19-16/h1-6,11-12H,7-10H2. The molecule has 2 aromatic rings. The third-order valence-corrected chi connectivity index (χ3v) is 4.28. The third-order valence-electron chi connectivity index (χ3n) is 3.54. The second kappa shape index (κ2) is 6.99. The van der Waals surface area contributed by atoms with Crippen LogP contribution in [0.5, 0.6) is 0 Å². The van der Waals surface area contributed by atoms with Crippen LogP contribution in [0.4, 0.5) is 5.82 Å². The number of anilines is 1. The molecule has 1 fully saturated rings. The van der Waals surface area contributed by atoms with Crippen LogP contribution in [-0.2, 0) is 0 Å². The highest BCUT2D eigenvalue weighted by Crippen LogP contribution is 2.22. The van der Waals surface area contributed by atoms with Crippen molar-refractivity contribution in [3.63, 3.8) is 0 Å². The molecule has 0 N–H and O–H groups in total. The van der Waals surface area contributed by atoms with Crippen LogP contribution in [0.1, 0.15) is 5.56 Å². The van der Waals surface area contributed by atoms with E-state index in [1.54, 1.807) is 6.07 Å². The van der Waals surface area contributed by atoms with Gasteiger partial charge in [0.2, 0.25) is 0 Å². The molecule has 1 aromatic carbocycles. The highest BCUT2D eigenvalue weighted by Gasteiger charge is 2.16. The Kier molecular flexibility index (Phi) is 4.80. The number of nitrogens with zero attached hydrogens (tertiary/aromatic N) is 4. The van der Waals surface area contributed by atoms with Crippen LogP contribution in [0.2, 0.25) is 10.0 Å². The zero-order chi connectivity index (χ0) is 15.4. The first-order chi connectivity index (χ1) is 10.7. The molecule has 0 bridgehead atoms. The lowest BCUT2D eigenvalue weighted by molar-refractivity contribution is 0.271. The van der Waals surface area contributed by atoms with Gasteiger partial charge in [-0.15, -0.1) is 0 Å². The van der Waals surface area contributed by atoms with Crippen LogP contribution in [0.25, 0.3) is 0 Å². The summed E-state index contributed by atoms with van der Waals surface area (Å²) in [6, 6.07) is 11.5. The van der Waals surface area contributed by atoms with Crippen molar-refractivity contribution in [3.05, 3.63) is 58.2 Å². The first-order valence-corrected chi connectivity index (χ1v) is 7.88. The number of hydrazone groups is 1. The molecule has 22 heavy (non-hydrogen) atoms. The van der Waals surface area contributed by atoms with Gasteiger partial charge < -0.3 is 4.90 Å². The van der Waals surface area contributed by atoms with E-state index in [1.165, 1.54) is 0 Å². The number of hydrogen-bond acceptors (Lipinski definition) is 4. The highest BCUT2D eigenvalue weighted by molar-refractivity contribution is 6.42. The molecule has 1 aliphatic rings. The number of rotatable bonds is 3. The van der Waals surface area contributed by atoms with E-state index < -0.39 is 0 Å². The maximum absolute atomic E-state index is 6.00. The molecule has 1 aromatic heterocycles. The summed E-state index contributed by atoms with van der Waals surface area (Å²) in [5.41, 5.74) is 0.946. The summed E-state index contributed by atoms with van der Waals surface area (Å²) in [6.45, 7) is 3.56. The number of piperazine rings is 1. The van der Waals surface area contributed by atoms with Crippen molar-refractivity contribution in [1.29, 1.82) is 0 Å². The second-order valence-electron chi connectivity index (χ2n) is 5.05. The summed E-state index contributed by atoms with van der Waals surface area (Å²) in [6.07, 6.45) is 3.64. The lowest BCUT2D eigenvalue weighted by Crippen LogP contribution is -2.44. The summed E-state index contributed by atoms with van der Waals surface area (Å²) < 4.78 is 0. The Hall–Kier alpha value is -1.78. The second-order valence-corrected chi connectivity index (χ2v) is 5.86. The summed E-state index contributed by atoms with van der Waals surface area (Å²) in [5.74, 6) is 1.02. The van der Waals surface area contributed by atoms with Crippen LogP contribution in [0.15, 0.2) is 47.7 Å². The molecule has 1 saturated heterocycles. The van der Waals surface area contributed by atoms with Gasteiger partial charge in [-0.1, -0.05) is 35.3 Å². The van der Waals surface area contributed by atoms with Gasteiger partial charge in [0.25, 0.3) is 0 Å². The average Bonchev–Trinajstić information content (AvgIpc) is 2.57. The van der Waals surface area contributed by atoms with Crippen LogP contribution < -0.4 is 4.90 Å². The largest absolute Gasteiger partial charge is 0.353 e. The van der Waals surface area contributed by atoms with Crippen molar-refractivity contribution in [3.8, 4) is 0 Å². The molecule has 0 amide bonds. The number of hydrogen-bond donors (Lipinski definition) is 0. The van der Waals surface area contributed by atoms with E-state index in [1.807, 2.05) is 42.7 Å². The van der Waals surface area contributed by atoms with Crippen molar-refractivity contribution in [2.45, 2.75) is 0 Å². The lowest BCUT2D eigenvalue weighted by Gasteiger charge is -2.33. The van der Waals surface area contributed by atoms with Crippen molar-refractivity contribution < 1.29 is 0 Å². The number of halogens is 2. The Morgan fingerprint density at radius 3 is 2.50 bits per heavy atom. The summed E-state index contributed by atoms with van der Waals surface area (Å²) in [5, 5.41) is 7.67. The Balaban J connectivity index is 1.57. The van der Waals surface area contributed by atoms with E-state index in [4.69, 9.17) is 23.2 Å². The van der Waals surface area contributed by atoms with Gasteiger partial charge in [0, 0.05) is 19.3 Å². The molecule has 2 heterocycles. The fraction of sp³-hybridized carbons (Fsp3) is 0.250. The quantitative estimate of drug-likeness (QED) is 0.804. The molecule has 1 aliphatic heterocycles. The predicted molar refractivity (Wildman–Crippen MR) is 92.1 cm³/mol. The molecule has 6 heteroatoms. The van der Waals surface area contributed by atoms with Gasteiger partial charge in [0.05, 0.1) is 29.3 Å². The van der Waals surface area contributed by atoms with Crippen LogP contribution >= 0.6 is 23.2 Å². The third kappa shape index (κ3) is 3.70. The van der Waals surface area contributed by atoms with Crippen LogP contribution in [-0.4, -0.2) is 42.4 Å².